The van der Waals surface area contributed by atoms with Crippen LogP contribution < -0.4 is 5.32 Å². The molecular weight excluding hydrogens is 256 g/mol. The number of aryl methyl sites for hydroxylation is 1. The molecule has 0 aliphatic rings. The quantitative estimate of drug-likeness (QED) is 0.769. The van der Waals surface area contributed by atoms with Gasteiger partial charge in [-0.3, -0.25) is 0 Å². The van der Waals surface area contributed by atoms with Crippen LogP contribution >= 0.6 is 11.8 Å². The van der Waals surface area contributed by atoms with Gasteiger partial charge in [0.1, 0.15) is 12.0 Å². The second-order valence-corrected chi connectivity index (χ2v) is 5.44. The molecule has 0 bridgehead atoms. The number of aromatic nitrogens is 1. The molecule has 4 heteroatoms. The highest BCUT2D eigenvalue weighted by Gasteiger charge is 2.02. The third kappa shape index (κ3) is 4.31. The van der Waals surface area contributed by atoms with Crippen LogP contribution in [0.25, 0.3) is 11.3 Å². The van der Waals surface area contributed by atoms with Gasteiger partial charge < -0.3 is 9.73 Å². The van der Waals surface area contributed by atoms with Crippen LogP contribution in [0.1, 0.15) is 18.7 Å². The Morgan fingerprint density at radius 2 is 2.00 bits per heavy atom. The normalized spacial score (nSPS) is 10.6. The molecule has 0 unspecified atom stereocenters. The van der Waals surface area contributed by atoms with Crippen LogP contribution in [0.4, 0.5) is 5.69 Å². The maximum Gasteiger partial charge on any atom is 0.191 e. The summed E-state index contributed by atoms with van der Waals surface area (Å²) in [4.78, 5) is 4.32. The number of thioether (sulfide) groups is 1. The van der Waals surface area contributed by atoms with Gasteiger partial charge in [0.15, 0.2) is 5.89 Å². The molecule has 0 radical (unpaired) electrons. The van der Waals surface area contributed by atoms with Crippen molar-refractivity contribution in [2.24, 2.45) is 0 Å². The van der Waals surface area contributed by atoms with E-state index in [2.05, 4.69) is 40.8 Å². The summed E-state index contributed by atoms with van der Waals surface area (Å²) in [7, 11) is 0. The molecule has 2 rings (SSSR count). The van der Waals surface area contributed by atoms with E-state index in [-0.39, 0.29) is 0 Å². The second kappa shape index (κ2) is 7.24. The predicted octanol–water partition coefficient (Wildman–Crippen LogP) is 4.21. The Labute approximate surface area is 118 Å². The number of hydrogen-bond acceptors (Lipinski definition) is 4. The first-order valence-electron chi connectivity index (χ1n) is 6.55. The summed E-state index contributed by atoms with van der Waals surface area (Å²) in [6.07, 6.45) is 6.33. The zero-order valence-electron chi connectivity index (χ0n) is 11.5. The van der Waals surface area contributed by atoms with E-state index in [1.807, 2.05) is 18.7 Å². The Hall–Kier alpha value is -1.42. The topological polar surface area (TPSA) is 38.1 Å². The van der Waals surface area contributed by atoms with E-state index < -0.39 is 0 Å². The van der Waals surface area contributed by atoms with Gasteiger partial charge in [0.05, 0.1) is 0 Å². The molecule has 0 amide bonds. The van der Waals surface area contributed by atoms with Crippen molar-refractivity contribution in [3.63, 3.8) is 0 Å². The van der Waals surface area contributed by atoms with Gasteiger partial charge >= 0.3 is 0 Å². The van der Waals surface area contributed by atoms with E-state index in [4.69, 9.17) is 4.42 Å². The Kier molecular flexibility index (Phi) is 5.33. The maximum absolute atomic E-state index is 5.22. The lowest BCUT2D eigenvalue weighted by Crippen LogP contribution is -2.01. The molecule has 1 aromatic carbocycles. The Bertz CT molecular complexity index is 493. The van der Waals surface area contributed by atoms with E-state index in [1.165, 1.54) is 18.6 Å². The number of nitrogens with one attached hydrogen (secondary N) is 1. The smallest absolute Gasteiger partial charge is 0.191 e. The average Bonchev–Trinajstić information content (AvgIpc) is 2.86. The average molecular weight is 276 g/mol. The molecule has 0 fully saturated rings. The van der Waals surface area contributed by atoms with Crippen LogP contribution in [0, 0.1) is 6.92 Å². The van der Waals surface area contributed by atoms with Crippen molar-refractivity contribution in [1.29, 1.82) is 0 Å². The lowest BCUT2D eigenvalue weighted by atomic mass is 10.1. The van der Waals surface area contributed by atoms with Crippen molar-refractivity contribution in [2.45, 2.75) is 19.8 Å². The van der Waals surface area contributed by atoms with Crippen molar-refractivity contribution in [3.8, 4) is 11.3 Å². The molecule has 0 atom stereocenters. The summed E-state index contributed by atoms with van der Waals surface area (Å²) in [5, 5.41) is 3.43. The van der Waals surface area contributed by atoms with E-state index in [0.717, 1.165) is 23.5 Å². The van der Waals surface area contributed by atoms with Crippen LogP contribution in [-0.2, 0) is 0 Å². The zero-order valence-corrected chi connectivity index (χ0v) is 12.3. The van der Waals surface area contributed by atoms with Crippen LogP contribution in [0.2, 0.25) is 0 Å². The van der Waals surface area contributed by atoms with Gasteiger partial charge in [-0.1, -0.05) is 12.1 Å². The highest BCUT2D eigenvalue weighted by Crippen LogP contribution is 2.20. The molecule has 0 aliphatic heterocycles. The fraction of sp³-hybridized carbons (Fsp3) is 0.400. The predicted molar refractivity (Wildman–Crippen MR) is 82.8 cm³/mol. The molecule has 1 aromatic heterocycles. The monoisotopic (exact) mass is 276 g/mol. The van der Waals surface area contributed by atoms with E-state index in [0.29, 0.717) is 5.89 Å². The number of unbranched alkanes of at least 4 members (excludes halogenated alkanes) is 1. The number of hydrogen-bond donors (Lipinski definition) is 1. The summed E-state index contributed by atoms with van der Waals surface area (Å²) in [5.41, 5.74) is 3.14. The number of anilines is 1. The van der Waals surface area contributed by atoms with Gasteiger partial charge in [-0.05, 0) is 37.0 Å². The molecule has 0 aliphatic carbocycles. The third-order valence-corrected chi connectivity index (χ3v) is 3.60. The highest BCUT2D eigenvalue weighted by atomic mass is 32.2. The number of benzene rings is 1. The minimum atomic E-state index is 0.700. The fourth-order valence-corrected chi connectivity index (χ4v) is 2.35. The molecule has 19 heavy (non-hydrogen) atoms. The summed E-state index contributed by atoms with van der Waals surface area (Å²) in [6, 6.07) is 8.32. The number of rotatable bonds is 7. The largest absolute Gasteiger partial charge is 0.449 e. The van der Waals surface area contributed by atoms with Crippen molar-refractivity contribution in [1.82, 2.24) is 4.98 Å². The van der Waals surface area contributed by atoms with Crippen molar-refractivity contribution in [2.75, 3.05) is 23.9 Å². The summed E-state index contributed by atoms with van der Waals surface area (Å²) < 4.78 is 5.22. The first-order valence-corrected chi connectivity index (χ1v) is 7.94. The number of nitrogens with zero attached hydrogens (tertiary/aromatic N) is 1. The summed E-state index contributed by atoms with van der Waals surface area (Å²) in [6.45, 7) is 2.89. The number of oxazole rings is 1. The molecule has 0 saturated carbocycles. The minimum Gasteiger partial charge on any atom is -0.449 e. The van der Waals surface area contributed by atoms with E-state index in [1.54, 1.807) is 6.26 Å². The van der Waals surface area contributed by atoms with Gasteiger partial charge in [-0.2, -0.15) is 11.8 Å². The zero-order chi connectivity index (χ0) is 13.5. The third-order valence-electron chi connectivity index (χ3n) is 2.90. The van der Waals surface area contributed by atoms with Crippen LogP contribution in [0.3, 0.4) is 0 Å². The van der Waals surface area contributed by atoms with Crippen LogP contribution in [0.15, 0.2) is 34.9 Å². The fourth-order valence-electron chi connectivity index (χ4n) is 1.86. The van der Waals surface area contributed by atoms with Gasteiger partial charge in [-0.15, -0.1) is 0 Å². The van der Waals surface area contributed by atoms with Crippen molar-refractivity contribution in [3.05, 3.63) is 36.4 Å². The molecule has 2 aromatic rings. The van der Waals surface area contributed by atoms with Crippen LogP contribution in [-0.4, -0.2) is 23.5 Å². The molecular formula is C15H20N2OS. The highest BCUT2D eigenvalue weighted by molar-refractivity contribution is 7.98. The van der Waals surface area contributed by atoms with Crippen molar-refractivity contribution >= 4 is 17.4 Å². The van der Waals surface area contributed by atoms with E-state index >= 15 is 0 Å². The Morgan fingerprint density at radius 3 is 2.63 bits per heavy atom. The standard InChI is InChI=1S/C15H20N2OS/c1-12-17-15(11-18-12)13-5-7-14(8-6-13)16-9-3-4-10-19-2/h5-8,11,16H,3-4,9-10H2,1-2H3. The van der Waals surface area contributed by atoms with Gasteiger partial charge in [0, 0.05) is 24.7 Å². The summed E-state index contributed by atoms with van der Waals surface area (Å²) >= 11 is 1.91. The van der Waals surface area contributed by atoms with Gasteiger partial charge in [0.25, 0.3) is 0 Å². The first-order chi connectivity index (χ1) is 9.29. The Morgan fingerprint density at radius 1 is 1.21 bits per heavy atom. The van der Waals surface area contributed by atoms with Crippen molar-refractivity contribution < 1.29 is 4.42 Å². The SMILES string of the molecule is CSCCCCNc1ccc(-c2coc(C)n2)cc1. The minimum absolute atomic E-state index is 0.700. The van der Waals surface area contributed by atoms with Gasteiger partial charge in [-0.25, -0.2) is 4.98 Å². The lowest BCUT2D eigenvalue weighted by molar-refractivity contribution is 0.521. The Balaban J connectivity index is 1.85. The van der Waals surface area contributed by atoms with Gasteiger partial charge in [0.2, 0.25) is 0 Å². The molecule has 102 valence electrons. The summed E-state index contributed by atoms with van der Waals surface area (Å²) in [5.74, 6) is 1.94. The van der Waals surface area contributed by atoms with Crippen LogP contribution in [0.5, 0.6) is 0 Å². The molecule has 1 heterocycles. The molecule has 0 spiro atoms. The molecule has 3 nitrogen and oxygen atoms in total. The molecule has 0 saturated heterocycles. The maximum atomic E-state index is 5.22. The van der Waals surface area contributed by atoms with E-state index in [9.17, 15) is 0 Å². The molecule has 1 N–H and O–H groups in total. The first kappa shape index (κ1) is 14.0. The second-order valence-electron chi connectivity index (χ2n) is 4.46. The lowest BCUT2D eigenvalue weighted by Gasteiger charge is -2.06.